The Hall–Kier alpha value is -2.93. The van der Waals surface area contributed by atoms with Gasteiger partial charge in [-0.15, -0.1) is 0 Å². The quantitative estimate of drug-likeness (QED) is 0.541. The number of aromatic amines is 1. The highest BCUT2D eigenvalue weighted by molar-refractivity contribution is 7.81. The Bertz CT molecular complexity index is 855. The molecule has 3 aromatic rings. The first-order chi connectivity index (χ1) is 13.0. The third-order valence-corrected chi connectivity index (χ3v) is 4.57. The van der Waals surface area contributed by atoms with Crippen molar-refractivity contribution in [2.45, 2.75) is 11.7 Å². The number of H-pyrrole nitrogens is 1. The maximum atomic E-state index is 11.1. The van der Waals surface area contributed by atoms with Crippen molar-refractivity contribution in [1.29, 1.82) is 0 Å². The molecule has 1 atom stereocenters. The molecule has 0 saturated heterocycles. The zero-order valence-electron chi connectivity index (χ0n) is 15.0. The molecule has 2 aromatic carbocycles. The minimum Gasteiger partial charge on any atom is -0.497 e. The van der Waals surface area contributed by atoms with Gasteiger partial charge in [-0.05, 0) is 48.5 Å². The summed E-state index contributed by atoms with van der Waals surface area (Å²) in [6, 6.07) is 15.2. The van der Waals surface area contributed by atoms with Crippen LogP contribution in [-0.2, 0) is 11.2 Å². The topological polar surface area (TPSA) is 84.4 Å². The van der Waals surface area contributed by atoms with E-state index in [9.17, 15) is 4.79 Å². The summed E-state index contributed by atoms with van der Waals surface area (Å²) < 4.78 is 10.4. The predicted octanol–water partition coefficient (Wildman–Crippen LogP) is 3.69. The highest BCUT2D eigenvalue weighted by atomic mass is 32.1. The fraction of sp³-hybridized carbons (Fsp3) is 0.200. The van der Waals surface area contributed by atoms with Gasteiger partial charge >= 0.3 is 5.97 Å². The Balaban J connectivity index is 2.04. The molecule has 1 aromatic heterocycles. The van der Waals surface area contributed by atoms with Crippen molar-refractivity contribution in [1.82, 2.24) is 9.97 Å². The first kappa shape index (κ1) is 18.8. The summed E-state index contributed by atoms with van der Waals surface area (Å²) in [6.07, 6.45) is 0.192. The number of carbonyl (C=O) groups is 1. The number of carboxylic acid groups (broad SMARTS) is 1. The first-order valence-electron chi connectivity index (χ1n) is 8.30. The molecule has 0 fully saturated rings. The monoisotopic (exact) mass is 384 g/mol. The van der Waals surface area contributed by atoms with Crippen LogP contribution in [0.15, 0.2) is 48.5 Å². The molecule has 0 bridgehead atoms. The van der Waals surface area contributed by atoms with Gasteiger partial charge in [-0.1, -0.05) is 0 Å². The summed E-state index contributed by atoms with van der Waals surface area (Å²) in [6.45, 7) is 0. The SMILES string of the molecule is COc1ccc(-c2nc(CC(S)C(=O)O)[nH]c2-c2ccc(OC)cc2)cc1. The van der Waals surface area contributed by atoms with E-state index in [0.29, 0.717) is 5.82 Å². The van der Waals surface area contributed by atoms with E-state index < -0.39 is 11.2 Å². The van der Waals surface area contributed by atoms with Crippen molar-refractivity contribution in [3.05, 3.63) is 54.4 Å². The Morgan fingerprint density at radius 2 is 1.56 bits per heavy atom. The summed E-state index contributed by atoms with van der Waals surface area (Å²) in [5.74, 6) is 1.09. The van der Waals surface area contributed by atoms with Gasteiger partial charge in [0.2, 0.25) is 0 Å². The van der Waals surface area contributed by atoms with E-state index in [1.54, 1.807) is 14.2 Å². The average molecular weight is 384 g/mol. The van der Waals surface area contributed by atoms with Crippen LogP contribution in [0.3, 0.4) is 0 Å². The molecule has 0 amide bonds. The van der Waals surface area contributed by atoms with Crippen LogP contribution in [0, 0.1) is 0 Å². The van der Waals surface area contributed by atoms with Crippen LogP contribution in [0.4, 0.5) is 0 Å². The maximum Gasteiger partial charge on any atom is 0.316 e. The molecule has 0 aliphatic carbocycles. The van der Waals surface area contributed by atoms with Crippen LogP contribution in [0.1, 0.15) is 5.82 Å². The highest BCUT2D eigenvalue weighted by Crippen LogP contribution is 2.32. The van der Waals surface area contributed by atoms with E-state index in [2.05, 4.69) is 22.6 Å². The lowest BCUT2D eigenvalue weighted by molar-refractivity contribution is -0.136. The van der Waals surface area contributed by atoms with Crippen molar-refractivity contribution in [3.8, 4) is 34.0 Å². The second-order valence-electron chi connectivity index (χ2n) is 5.92. The molecule has 140 valence electrons. The average Bonchev–Trinajstić information content (AvgIpc) is 3.11. The number of rotatable bonds is 7. The number of hydrogen-bond donors (Lipinski definition) is 3. The van der Waals surface area contributed by atoms with Gasteiger partial charge in [0.1, 0.15) is 22.6 Å². The number of thiol groups is 1. The normalized spacial score (nSPS) is 11.8. The molecule has 1 heterocycles. The number of hydrogen-bond acceptors (Lipinski definition) is 5. The van der Waals surface area contributed by atoms with Gasteiger partial charge < -0.3 is 19.6 Å². The minimum atomic E-state index is -0.980. The Morgan fingerprint density at radius 3 is 2.04 bits per heavy atom. The lowest BCUT2D eigenvalue weighted by Crippen LogP contribution is -2.16. The zero-order valence-corrected chi connectivity index (χ0v) is 15.9. The van der Waals surface area contributed by atoms with E-state index in [1.165, 1.54) is 0 Å². The molecule has 0 aliphatic rings. The van der Waals surface area contributed by atoms with Crippen LogP contribution < -0.4 is 9.47 Å². The van der Waals surface area contributed by atoms with E-state index >= 15 is 0 Å². The van der Waals surface area contributed by atoms with Gasteiger partial charge in [0.15, 0.2) is 0 Å². The molecule has 3 rings (SSSR count). The summed E-state index contributed by atoms with van der Waals surface area (Å²) in [7, 11) is 3.23. The van der Waals surface area contributed by atoms with E-state index in [-0.39, 0.29) is 6.42 Å². The van der Waals surface area contributed by atoms with Crippen molar-refractivity contribution < 1.29 is 19.4 Å². The molecule has 0 spiro atoms. The van der Waals surface area contributed by atoms with Crippen molar-refractivity contribution >= 4 is 18.6 Å². The minimum absolute atomic E-state index is 0.192. The lowest BCUT2D eigenvalue weighted by Gasteiger charge is -2.06. The van der Waals surface area contributed by atoms with Crippen LogP contribution in [-0.4, -0.2) is 40.5 Å². The summed E-state index contributed by atoms with van der Waals surface area (Å²) in [4.78, 5) is 19.0. The summed E-state index contributed by atoms with van der Waals surface area (Å²) in [5, 5.41) is 8.29. The molecule has 27 heavy (non-hydrogen) atoms. The summed E-state index contributed by atoms with van der Waals surface area (Å²) >= 11 is 4.11. The lowest BCUT2D eigenvalue weighted by atomic mass is 10.0. The molecule has 0 aliphatic heterocycles. The van der Waals surface area contributed by atoms with Gasteiger partial charge in [-0.25, -0.2) is 4.98 Å². The molecule has 2 N–H and O–H groups in total. The smallest absolute Gasteiger partial charge is 0.316 e. The van der Waals surface area contributed by atoms with E-state index in [0.717, 1.165) is 34.0 Å². The largest absolute Gasteiger partial charge is 0.497 e. The third kappa shape index (κ3) is 4.25. The number of ether oxygens (including phenoxy) is 2. The van der Waals surface area contributed by atoms with Crippen LogP contribution >= 0.6 is 12.6 Å². The molecule has 7 heteroatoms. The number of aliphatic carboxylic acids is 1. The van der Waals surface area contributed by atoms with E-state index in [1.807, 2.05) is 48.5 Å². The number of imidazole rings is 1. The molecule has 0 radical (unpaired) electrons. The molecular weight excluding hydrogens is 364 g/mol. The number of benzene rings is 2. The molecule has 1 unspecified atom stereocenters. The van der Waals surface area contributed by atoms with Gasteiger partial charge in [0, 0.05) is 17.5 Å². The molecule has 0 saturated carbocycles. The highest BCUT2D eigenvalue weighted by Gasteiger charge is 2.19. The zero-order chi connectivity index (χ0) is 19.4. The molecule has 6 nitrogen and oxygen atoms in total. The van der Waals surface area contributed by atoms with Crippen LogP contribution in [0.2, 0.25) is 0 Å². The second-order valence-corrected chi connectivity index (χ2v) is 6.55. The third-order valence-electron chi connectivity index (χ3n) is 4.17. The maximum absolute atomic E-state index is 11.1. The fourth-order valence-corrected chi connectivity index (χ4v) is 2.89. The molecular formula is C20H20N2O4S. The van der Waals surface area contributed by atoms with Crippen LogP contribution in [0.5, 0.6) is 11.5 Å². The fourth-order valence-electron chi connectivity index (χ4n) is 2.71. The number of carboxylic acids is 1. The van der Waals surface area contributed by atoms with Crippen molar-refractivity contribution in [2.24, 2.45) is 0 Å². The van der Waals surface area contributed by atoms with Crippen molar-refractivity contribution in [2.75, 3.05) is 14.2 Å². The Kier molecular flexibility index (Phi) is 5.71. The standard InChI is InChI=1S/C20H20N2O4S/c1-25-14-7-3-12(4-8-14)18-19(13-5-9-15(26-2)10-6-13)22-17(21-18)11-16(27)20(23)24/h3-10,16,27H,11H2,1-2H3,(H,21,22)(H,23,24). The van der Waals surface area contributed by atoms with Gasteiger partial charge in [-0.2, -0.15) is 12.6 Å². The van der Waals surface area contributed by atoms with Gasteiger partial charge in [0.05, 0.1) is 25.6 Å². The van der Waals surface area contributed by atoms with Crippen molar-refractivity contribution in [3.63, 3.8) is 0 Å². The Morgan fingerprint density at radius 1 is 1.04 bits per heavy atom. The summed E-state index contributed by atoms with van der Waals surface area (Å²) in [5.41, 5.74) is 3.37. The van der Waals surface area contributed by atoms with Gasteiger partial charge in [0.25, 0.3) is 0 Å². The predicted molar refractivity (Wildman–Crippen MR) is 107 cm³/mol. The number of methoxy groups -OCH3 is 2. The number of nitrogens with zero attached hydrogens (tertiary/aromatic N) is 1. The van der Waals surface area contributed by atoms with Crippen LogP contribution in [0.25, 0.3) is 22.5 Å². The van der Waals surface area contributed by atoms with Gasteiger partial charge in [-0.3, -0.25) is 4.79 Å². The Labute approximate surface area is 162 Å². The second kappa shape index (κ2) is 8.18. The first-order valence-corrected chi connectivity index (χ1v) is 8.82. The van der Waals surface area contributed by atoms with E-state index in [4.69, 9.17) is 14.6 Å². The number of nitrogens with one attached hydrogen (secondary N) is 1. The number of aromatic nitrogens is 2.